The molecule has 1 aliphatic rings. The predicted molar refractivity (Wildman–Crippen MR) is 125 cm³/mol. The van der Waals surface area contributed by atoms with Crippen molar-refractivity contribution in [1.29, 1.82) is 0 Å². The highest BCUT2D eigenvalue weighted by atomic mass is 32.2. The van der Waals surface area contributed by atoms with Crippen LogP contribution in [-0.2, 0) is 11.0 Å². The van der Waals surface area contributed by atoms with Crippen molar-refractivity contribution in [3.8, 4) is 0 Å². The van der Waals surface area contributed by atoms with Gasteiger partial charge in [-0.3, -0.25) is 4.79 Å². The van der Waals surface area contributed by atoms with Crippen LogP contribution in [-0.4, -0.2) is 52.9 Å². The van der Waals surface area contributed by atoms with Crippen molar-refractivity contribution >= 4 is 45.5 Å². The summed E-state index contributed by atoms with van der Waals surface area (Å²) in [5, 5.41) is 12.1. The van der Waals surface area contributed by atoms with Gasteiger partial charge in [0.1, 0.15) is 0 Å². The van der Waals surface area contributed by atoms with Crippen LogP contribution < -0.4 is 10.2 Å². The van der Waals surface area contributed by atoms with Crippen molar-refractivity contribution in [2.45, 2.75) is 17.4 Å². The summed E-state index contributed by atoms with van der Waals surface area (Å²) < 4.78 is 39.6. The fourth-order valence-electron chi connectivity index (χ4n) is 3.39. The maximum absolute atomic E-state index is 13.0. The van der Waals surface area contributed by atoms with E-state index >= 15 is 0 Å². The number of hydrogen-bond donors (Lipinski definition) is 1. The van der Waals surface area contributed by atoms with Gasteiger partial charge in [-0.2, -0.15) is 13.2 Å². The first-order valence-corrected chi connectivity index (χ1v) is 12.1. The number of amides is 1. The Balaban J connectivity index is 1.25. The Morgan fingerprint density at radius 1 is 1.09 bits per heavy atom. The third-order valence-corrected chi connectivity index (χ3v) is 7.16. The molecule has 33 heavy (non-hydrogen) atoms. The van der Waals surface area contributed by atoms with Crippen molar-refractivity contribution in [1.82, 2.24) is 15.1 Å². The first-order valence-electron chi connectivity index (χ1n) is 10.3. The molecule has 2 heterocycles. The monoisotopic (exact) mass is 493 g/mol. The molecule has 174 valence electrons. The number of benzene rings is 2. The fourth-order valence-corrected chi connectivity index (χ4v) is 5.06. The van der Waals surface area contributed by atoms with E-state index < -0.39 is 11.7 Å². The molecule has 0 saturated carbocycles. The molecule has 0 bridgehead atoms. The van der Waals surface area contributed by atoms with Gasteiger partial charge in [-0.1, -0.05) is 46.9 Å². The molecule has 4 rings (SSSR count). The zero-order valence-electron chi connectivity index (χ0n) is 17.8. The molecule has 1 saturated heterocycles. The van der Waals surface area contributed by atoms with Gasteiger partial charge < -0.3 is 15.1 Å². The molecular formula is C22H22F3N5OS2. The Kier molecular flexibility index (Phi) is 7.08. The van der Waals surface area contributed by atoms with Crippen LogP contribution in [0.4, 0.5) is 29.7 Å². The summed E-state index contributed by atoms with van der Waals surface area (Å²) in [5.74, 6) is 0.217. The lowest BCUT2D eigenvalue weighted by Gasteiger charge is -2.36. The smallest absolute Gasteiger partial charge is 0.368 e. The highest BCUT2D eigenvalue weighted by Gasteiger charge is 2.31. The van der Waals surface area contributed by atoms with Gasteiger partial charge in [0.2, 0.25) is 11.0 Å². The van der Waals surface area contributed by atoms with Crippen LogP contribution in [0, 0.1) is 6.92 Å². The standard InChI is InChI=1S/C22H22F3N5OS2/c1-15-5-7-17(8-6-15)26-20-27-28-21(33-20)32-14-19(31)30-11-9-29(10-12-30)18-4-2-3-16(13-18)22(23,24)25/h2-8,13H,9-12,14H2,1H3,(H,26,27). The van der Waals surface area contributed by atoms with E-state index in [0.717, 1.165) is 17.8 Å². The molecule has 11 heteroatoms. The minimum absolute atomic E-state index is 0.0214. The average Bonchev–Trinajstić information content (AvgIpc) is 3.26. The largest absolute Gasteiger partial charge is 0.416 e. The number of alkyl halides is 3. The lowest BCUT2D eigenvalue weighted by atomic mass is 10.1. The summed E-state index contributed by atoms with van der Waals surface area (Å²) in [5.41, 5.74) is 1.95. The van der Waals surface area contributed by atoms with Gasteiger partial charge in [0.15, 0.2) is 4.34 Å². The number of thioether (sulfide) groups is 1. The second kappa shape index (κ2) is 10.0. The van der Waals surface area contributed by atoms with Gasteiger partial charge in [0.05, 0.1) is 11.3 Å². The van der Waals surface area contributed by atoms with Gasteiger partial charge in [-0.05, 0) is 37.3 Å². The topological polar surface area (TPSA) is 61.4 Å². The van der Waals surface area contributed by atoms with Gasteiger partial charge in [0, 0.05) is 37.6 Å². The third-order valence-electron chi connectivity index (χ3n) is 5.20. The van der Waals surface area contributed by atoms with E-state index in [2.05, 4.69) is 15.5 Å². The van der Waals surface area contributed by atoms with E-state index in [4.69, 9.17) is 0 Å². The molecule has 1 aromatic heterocycles. The summed E-state index contributed by atoms with van der Waals surface area (Å²) in [6.45, 7) is 3.92. The summed E-state index contributed by atoms with van der Waals surface area (Å²) in [6.07, 6.45) is -4.37. The maximum atomic E-state index is 13.0. The van der Waals surface area contributed by atoms with Crippen molar-refractivity contribution in [2.75, 3.05) is 42.1 Å². The van der Waals surface area contributed by atoms with E-state index in [0.29, 0.717) is 41.3 Å². The molecule has 0 spiro atoms. The van der Waals surface area contributed by atoms with E-state index in [-0.39, 0.29) is 11.7 Å². The zero-order valence-corrected chi connectivity index (χ0v) is 19.4. The number of halogens is 3. The van der Waals surface area contributed by atoms with Crippen molar-refractivity contribution < 1.29 is 18.0 Å². The van der Waals surface area contributed by atoms with Crippen molar-refractivity contribution in [3.05, 3.63) is 59.7 Å². The Morgan fingerprint density at radius 2 is 1.82 bits per heavy atom. The average molecular weight is 494 g/mol. The highest BCUT2D eigenvalue weighted by Crippen LogP contribution is 2.32. The lowest BCUT2D eigenvalue weighted by Crippen LogP contribution is -2.49. The van der Waals surface area contributed by atoms with Gasteiger partial charge >= 0.3 is 6.18 Å². The Hall–Kier alpha value is -2.79. The number of rotatable bonds is 6. The molecule has 1 fully saturated rings. The van der Waals surface area contributed by atoms with Crippen molar-refractivity contribution in [2.24, 2.45) is 0 Å². The number of nitrogens with one attached hydrogen (secondary N) is 1. The first-order chi connectivity index (χ1) is 15.8. The minimum Gasteiger partial charge on any atom is -0.368 e. The van der Waals surface area contributed by atoms with E-state index in [1.54, 1.807) is 11.0 Å². The minimum atomic E-state index is -4.37. The predicted octanol–water partition coefficient (Wildman–Crippen LogP) is 5.05. The Bertz CT molecular complexity index is 1100. The van der Waals surface area contributed by atoms with Crippen LogP contribution >= 0.6 is 23.1 Å². The van der Waals surface area contributed by atoms with Crippen molar-refractivity contribution in [3.63, 3.8) is 0 Å². The van der Waals surface area contributed by atoms with Crippen LogP contribution in [0.2, 0.25) is 0 Å². The van der Waals surface area contributed by atoms with Gasteiger partial charge in [-0.25, -0.2) is 0 Å². The summed E-state index contributed by atoms with van der Waals surface area (Å²) in [7, 11) is 0. The van der Waals surface area contributed by atoms with Crippen LogP contribution in [0.1, 0.15) is 11.1 Å². The first kappa shape index (κ1) is 23.4. The number of carbonyl (C=O) groups is 1. The number of hydrogen-bond acceptors (Lipinski definition) is 7. The van der Waals surface area contributed by atoms with Crippen LogP contribution in [0.15, 0.2) is 52.9 Å². The normalized spacial score (nSPS) is 14.4. The molecule has 2 aromatic carbocycles. The quantitative estimate of drug-likeness (QED) is 0.485. The second-order valence-corrected chi connectivity index (χ2v) is 9.77. The molecule has 0 aliphatic carbocycles. The number of aryl methyl sites for hydroxylation is 1. The summed E-state index contributed by atoms with van der Waals surface area (Å²) in [4.78, 5) is 16.2. The van der Waals surface area contributed by atoms with Crippen LogP contribution in [0.3, 0.4) is 0 Å². The molecule has 0 atom stereocenters. The van der Waals surface area contributed by atoms with Crippen LogP contribution in [0.25, 0.3) is 0 Å². The number of nitrogens with zero attached hydrogens (tertiary/aromatic N) is 4. The SMILES string of the molecule is Cc1ccc(Nc2nnc(SCC(=O)N3CCN(c4cccc(C(F)(F)F)c4)CC3)s2)cc1. The second-order valence-electron chi connectivity index (χ2n) is 7.57. The molecule has 1 N–H and O–H groups in total. The Labute approximate surface area is 197 Å². The van der Waals surface area contributed by atoms with E-state index in [1.165, 1.54) is 34.7 Å². The van der Waals surface area contributed by atoms with E-state index in [1.807, 2.05) is 36.1 Å². The molecule has 6 nitrogen and oxygen atoms in total. The molecule has 1 amide bonds. The molecular weight excluding hydrogens is 471 g/mol. The number of piperazine rings is 1. The fraction of sp³-hybridized carbons (Fsp3) is 0.318. The van der Waals surface area contributed by atoms with Gasteiger partial charge in [-0.15, -0.1) is 10.2 Å². The molecule has 1 aliphatic heterocycles. The van der Waals surface area contributed by atoms with E-state index in [9.17, 15) is 18.0 Å². The molecule has 0 radical (unpaired) electrons. The van der Waals surface area contributed by atoms with Crippen LogP contribution in [0.5, 0.6) is 0 Å². The highest BCUT2D eigenvalue weighted by molar-refractivity contribution is 8.01. The summed E-state index contributed by atoms with van der Waals surface area (Å²) in [6, 6.07) is 13.2. The number of aromatic nitrogens is 2. The molecule has 0 unspecified atom stereocenters. The Morgan fingerprint density at radius 3 is 2.52 bits per heavy atom. The maximum Gasteiger partial charge on any atom is 0.416 e. The van der Waals surface area contributed by atoms with Gasteiger partial charge in [0.25, 0.3) is 0 Å². The number of anilines is 3. The number of carbonyl (C=O) groups excluding carboxylic acids is 1. The zero-order chi connectivity index (χ0) is 23.4. The lowest BCUT2D eigenvalue weighted by molar-refractivity contribution is -0.137. The molecule has 3 aromatic rings. The summed E-state index contributed by atoms with van der Waals surface area (Å²) >= 11 is 2.71. The third kappa shape index (κ3) is 6.17.